The second kappa shape index (κ2) is 8.07. The normalized spacial score (nSPS) is 17.7. The Balaban J connectivity index is 1.34. The molecule has 0 spiro atoms. The Morgan fingerprint density at radius 2 is 1.90 bits per heavy atom. The molecular weight excluding hydrogens is 364 g/mol. The van der Waals surface area contributed by atoms with Crippen molar-refractivity contribution in [3.05, 3.63) is 66.0 Å². The van der Waals surface area contributed by atoms with E-state index >= 15 is 0 Å². The van der Waals surface area contributed by atoms with Crippen LogP contribution in [-0.4, -0.2) is 39.4 Å². The third kappa shape index (κ3) is 3.88. The van der Waals surface area contributed by atoms with E-state index < -0.39 is 0 Å². The quantitative estimate of drug-likeness (QED) is 0.703. The van der Waals surface area contributed by atoms with Crippen LogP contribution in [0.4, 0.5) is 0 Å². The predicted molar refractivity (Wildman–Crippen MR) is 112 cm³/mol. The summed E-state index contributed by atoms with van der Waals surface area (Å²) in [4.78, 5) is 31.5. The Hall–Kier alpha value is -3.15. The summed E-state index contributed by atoms with van der Waals surface area (Å²) in [6.07, 6.45) is 0.274. The number of hydrogen-bond acceptors (Lipinski definition) is 3. The molecular formula is C23H26N4O2. The molecule has 29 heavy (non-hydrogen) atoms. The fourth-order valence-electron chi connectivity index (χ4n) is 4.11. The van der Waals surface area contributed by atoms with Gasteiger partial charge < -0.3 is 14.8 Å². The first-order chi connectivity index (χ1) is 14.0. The van der Waals surface area contributed by atoms with Crippen molar-refractivity contribution in [2.24, 2.45) is 5.92 Å². The number of amides is 2. The van der Waals surface area contributed by atoms with Gasteiger partial charge in [-0.2, -0.15) is 0 Å². The summed E-state index contributed by atoms with van der Waals surface area (Å²) in [5, 5.41) is 3.01. The molecule has 1 fully saturated rings. The smallest absolute Gasteiger partial charge is 0.225 e. The van der Waals surface area contributed by atoms with E-state index in [1.165, 1.54) is 0 Å². The van der Waals surface area contributed by atoms with Crippen molar-refractivity contribution >= 4 is 22.8 Å². The van der Waals surface area contributed by atoms with Crippen molar-refractivity contribution < 1.29 is 9.59 Å². The number of para-hydroxylation sites is 2. The molecule has 1 aromatic heterocycles. The van der Waals surface area contributed by atoms with Crippen molar-refractivity contribution in [3.63, 3.8) is 0 Å². The van der Waals surface area contributed by atoms with Gasteiger partial charge in [-0.05, 0) is 31.5 Å². The third-order valence-corrected chi connectivity index (χ3v) is 5.76. The number of rotatable bonds is 6. The number of carbonyl (C=O) groups excluding carboxylic acids is 2. The number of likely N-dealkylation sites (tertiary alicyclic amines) is 1. The molecule has 3 aromatic rings. The Kier molecular flexibility index (Phi) is 5.34. The molecule has 6 heteroatoms. The Bertz CT molecular complexity index is 1030. The van der Waals surface area contributed by atoms with Crippen LogP contribution in [-0.2, 0) is 16.1 Å². The van der Waals surface area contributed by atoms with Crippen LogP contribution in [0.2, 0.25) is 0 Å². The van der Waals surface area contributed by atoms with Gasteiger partial charge in [0.05, 0.1) is 23.0 Å². The molecule has 2 heterocycles. The molecule has 6 nitrogen and oxygen atoms in total. The topological polar surface area (TPSA) is 67.2 Å². The number of imidazole rings is 1. The maximum absolute atomic E-state index is 12.7. The van der Waals surface area contributed by atoms with Crippen molar-refractivity contribution in [2.75, 3.05) is 13.1 Å². The summed E-state index contributed by atoms with van der Waals surface area (Å²) in [6, 6.07) is 17.9. The number of hydrogen-bond donors (Lipinski definition) is 1. The van der Waals surface area contributed by atoms with Gasteiger partial charge in [0.15, 0.2) is 0 Å². The summed E-state index contributed by atoms with van der Waals surface area (Å²) in [7, 11) is 0. The predicted octanol–water partition coefficient (Wildman–Crippen LogP) is 3.07. The minimum Gasteiger partial charge on any atom is -0.354 e. The minimum absolute atomic E-state index is 0.0264. The lowest BCUT2D eigenvalue weighted by Gasteiger charge is -2.25. The molecule has 2 atom stereocenters. The van der Waals surface area contributed by atoms with Crippen molar-refractivity contribution in [2.45, 2.75) is 32.9 Å². The summed E-state index contributed by atoms with van der Waals surface area (Å²) in [5.74, 6) is 0.620. The van der Waals surface area contributed by atoms with Crippen LogP contribution in [0.15, 0.2) is 54.6 Å². The van der Waals surface area contributed by atoms with Crippen LogP contribution in [0, 0.1) is 12.8 Å². The van der Waals surface area contributed by atoms with Gasteiger partial charge in [-0.25, -0.2) is 4.98 Å². The van der Waals surface area contributed by atoms with Crippen LogP contribution < -0.4 is 5.32 Å². The van der Waals surface area contributed by atoms with Crippen LogP contribution in [0.1, 0.15) is 30.8 Å². The first-order valence-electron chi connectivity index (χ1n) is 10.1. The van der Waals surface area contributed by atoms with E-state index in [-0.39, 0.29) is 30.2 Å². The Morgan fingerprint density at radius 1 is 1.17 bits per heavy atom. The number of carbonyl (C=O) groups is 2. The minimum atomic E-state index is -0.297. The number of nitrogens with one attached hydrogen (secondary N) is 1. The van der Waals surface area contributed by atoms with Crippen LogP contribution in [0.5, 0.6) is 0 Å². The van der Waals surface area contributed by atoms with Gasteiger partial charge in [-0.3, -0.25) is 9.59 Å². The average Bonchev–Trinajstić information content (AvgIpc) is 3.28. The van der Waals surface area contributed by atoms with Crippen LogP contribution in [0.25, 0.3) is 11.0 Å². The molecule has 2 aromatic carbocycles. The maximum Gasteiger partial charge on any atom is 0.225 e. The summed E-state index contributed by atoms with van der Waals surface area (Å²) in [5.41, 5.74) is 3.12. The fraction of sp³-hybridized carbons (Fsp3) is 0.348. The summed E-state index contributed by atoms with van der Waals surface area (Å²) in [6.45, 7) is 5.62. The van der Waals surface area contributed by atoms with Crippen LogP contribution in [0.3, 0.4) is 0 Å². The highest BCUT2D eigenvalue weighted by Crippen LogP contribution is 2.28. The number of benzene rings is 2. The number of aromatic nitrogens is 2. The van der Waals surface area contributed by atoms with Gasteiger partial charge in [0, 0.05) is 26.1 Å². The van der Waals surface area contributed by atoms with E-state index in [1.807, 2.05) is 73.3 Å². The largest absolute Gasteiger partial charge is 0.354 e. The molecule has 0 aliphatic carbocycles. The zero-order valence-corrected chi connectivity index (χ0v) is 16.8. The van der Waals surface area contributed by atoms with E-state index in [1.54, 1.807) is 0 Å². The molecule has 150 valence electrons. The second-order valence-corrected chi connectivity index (χ2v) is 7.62. The SMILES string of the molecule is Cc1nc2ccccc2n1CCNC(=O)C1CC(=O)N(C(C)c2ccccc2)C1. The monoisotopic (exact) mass is 390 g/mol. The van der Waals surface area contributed by atoms with Gasteiger partial charge >= 0.3 is 0 Å². The first-order valence-corrected chi connectivity index (χ1v) is 10.1. The molecule has 0 saturated carbocycles. The Morgan fingerprint density at radius 3 is 2.69 bits per heavy atom. The molecule has 2 unspecified atom stereocenters. The highest BCUT2D eigenvalue weighted by Gasteiger charge is 2.36. The van der Waals surface area contributed by atoms with Gasteiger partial charge in [-0.1, -0.05) is 42.5 Å². The van der Waals surface area contributed by atoms with Gasteiger partial charge in [0.25, 0.3) is 0 Å². The van der Waals surface area contributed by atoms with Crippen LogP contribution >= 0.6 is 0 Å². The highest BCUT2D eigenvalue weighted by molar-refractivity contribution is 5.89. The van der Waals surface area contributed by atoms with E-state index in [2.05, 4.69) is 14.9 Å². The maximum atomic E-state index is 12.7. The van der Waals surface area contributed by atoms with E-state index in [4.69, 9.17) is 0 Å². The molecule has 2 amide bonds. The molecule has 4 rings (SSSR count). The Labute approximate surface area is 170 Å². The molecule has 1 N–H and O–H groups in total. The first kappa shape index (κ1) is 19.2. The molecule has 0 radical (unpaired) electrons. The lowest BCUT2D eigenvalue weighted by atomic mass is 10.1. The molecule has 0 bridgehead atoms. The number of fused-ring (bicyclic) bond motifs is 1. The standard InChI is InChI=1S/C23H26N4O2/c1-16(18-8-4-3-5-9-18)27-15-19(14-22(27)28)23(29)24-12-13-26-17(2)25-20-10-6-7-11-21(20)26/h3-11,16,19H,12-15H2,1-2H3,(H,24,29). The third-order valence-electron chi connectivity index (χ3n) is 5.76. The van der Waals surface area contributed by atoms with Crippen molar-refractivity contribution in [1.29, 1.82) is 0 Å². The van der Waals surface area contributed by atoms with E-state index in [9.17, 15) is 9.59 Å². The summed E-state index contributed by atoms with van der Waals surface area (Å²) >= 11 is 0. The second-order valence-electron chi connectivity index (χ2n) is 7.62. The van der Waals surface area contributed by atoms with Gasteiger partial charge in [0.1, 0.15) is 5.82 Å². The van der Waals surface area contributed by atoms with Gasteiger partial charge in [0.2, 0.25) is 11.8 Å². The van der Waals surface area contributed by atoms with Gasteiger partial charge in [-0.15, -0.1) is 0 Å². The lowest BCUT2D eigenvalue weighted by Crippen LogP contribution is -2.35. The average molecular weight is 390 g/mol. The summed E-state index contributed by atoms with van der Waals surface area (Å²) < 4.78 is 2.11. The molecule has 1 saturated heterocycles. The van der Waals surface area contributed by atoms with Crippen molar-refractivity contribution in [1.82, 2.24) is 19.8 Å². The highest BCUT2D eigenvalue weighted by atomic mass is 16.2. The number of nitrogens with zero attached hydrogens (tertiary/aromatic N) is 3. The number of aryl methyl sites for hydroxylation is 1. The van der Waals surface area contributed by atoms with Crippen molar-refractivity contribution in [3.8, 4) is 0 Å². The van der Waals surface area contributed by atoms with E-state index in [0.717, 1.165) is 22.4 Å². The zero-order valence-electron chi connectivity index (χ0n) is 16.8. The fourth-order valence-corrected chi connectivity index (χ4v) is 4.11. The zero-order chi connectivity index (χ0) is 20.4. The molecule has 1 aliphatic heterocycles. The van der Waals surface area contributed by atoms with E-state index in [0.29, 0.717) is 19.6 Å². The molecule has 1 aliphatic rings. The lowest BCUT2D eigenvalue weighted by molar-refractivity contribution is -0.130.